The summed E-state index contributed by atoms with van der Waals surface area (Å²) in [5.74, 6) is -0.953. The lowest BCUT2D eigenvalue weighted by atomic mass is 9.74. The van der Waals surface area contributed by atoms with E-state index in [1.165, 1.54) is 25.7 Å². The fraction of sp³-hybridized carbons (Fsp3) is 0.929. The number of aliphatic carboxylic acids is 1. The molecular weight excluding hydrogens is 214 g/mol. The predicted molar refractivity (Wildman–Crippen MR) is 70.1 cm³/mol. The van der Waals surface area contributed by atoms with Gasteiger partial charge in [-0.15, -0.1) is 0 Å². The van der Waals surface area contributed by atoms with E-state index in [1.54, 1.807) is 0 Å². The fourth-order valence-electron chi connectivity index (χ4n) is 2.89. The van der Waals surface area contributed by atoms with Crippen LogP contribution >= 0.6 is 0 Å². The molecule has 1 N–H and O–H groups in total. The Morgan fingerprint density at radius 2 is 1.71 bits per heavy atom. The number of rotatable bonds is 5. The van der Waals surface area contributed by atoms with Crippen LogP contribution in [0, 0.1) is 11.3 Å². The lowest BCUT2D eigenvalue weighted by Gasteiger charge is -2.44. The topological polar surface area (TPSA) is 40.5 Å². The molecule has 1 heterocycles. The van der Waals surface area contributed by atoms with Crippen molar-refractivity contribution in [3.8, 4) is 0 Å². The molecule has 1 saturated heterocycles. The number of piperidine rings is 1. The molecule has 1 rings (SSSR count). The predicted octanol–water partition coefficient (Wildman–Crippen LogP) is 3.00. The van der Waals surface area contributed by atoms with Crippen molar-refractivity contribution in [1.82, 2.24) is 4.90 Å². The van der Waals surface area contributed by atoms with E-state index in [0.717, 1.165) is 13.1 Å². The summed E-state index contributed by atoms with van der Waals surface area (Å²) in [6.45, 7) is 10.5. The molecule has 17 heavy (non-hydrogen) atoms. The zero-order valence-corrected chi connectivity index (χ0v) is 11.7. The number of carbonyl (C=O) groups is 1. The first-order valence-electron chi connectivity index (χ1n) is 6.92. The third-order valence-electron chi connectivity index (χ3n) is 5.05. The van der Waals surface area contributed by atoms with Gasteiger partial charge in [-0.1, -0.05) is 33.6 Å². The highest BCUT2D eigenvalue weighted by Crippen LogP contribution is 2.38. The highest BCUT2D eigenvalue weighted by molar-refractivity contribution is 5.70. The van der Waals surface area contributed by atoms with Gasteiger partial charge in [0.2, 0.25) is 0 Å². The molecule has 3 heteroatoms. The minimum atomic E-state index is -0.680. The van der Waals surface area contributed by atoms with Crippen LogP contribution in [0.1, 0.15) is 53.4 Å². The molecule has 2 atom stereocenters. The van der Waals surface area contributed by atoms with Gasteiger partial charge in [0.25, 0.3) is 0 Å². The average Bonchev–Trinajstić information content (AvgIpc) is 2.37. The molecule has 0 aromatic rings. The molecule has 1 fully saturated rings. The molecule has 0 amide bonds. The molecular formula is C14H27NO2. The van der Waals surface area contributed by atoms with E-state index in [2.05, 4.69) is 18.7 Å². The zero-order chi connectivity index (χ0) is 13.1. The molecule has 1 aliphatic rings. The Kier molecular flexibility index (Phi) is 4.99. The molecule has 0 bridgehead atoms. The lowest BCUT2D eigenvalue weighted by molar-refractivity contribution is -0.143. The summed E-state index contributed by atoms with van der Waals surface area (Å²) in [6.07, 6.45) is 4.94. The number of hydrogen-bond donors (Lipinski definition) is 1. The standard InChI is InChI=1S/C14H27NO2/c1-5-14(6-2)7-9-15(10-8-14)12(4)11(3)13(16)17/h11-12H,5-10H2,1-4H3,(H,16,17). The van der Waals surface area contributed by atoms with Crippen molar-refractivity contribution in [1.29, 1.82) is 0 Å². The summed E-state index contributed by atoms with van der Waals surface area (Å²) in [7, 11) is 0. The van der Waals surface area contributed by atoms with Gasteiger partial charge in [-0.3, -0.25) is 9.69 Å². The van der Waals surface area contributed by atoms with Crippen molar-refractivity contribution in [3.63, 3.8) is 0 Å². The molecule has 0 aromatic heterocycles. The summed E-state index contributed by atoms with van der Waals surface area (Å²) in [6, 6.07) is 0.152. The maximum Gasteiger partial charge on any atom is 0.307 e. The van der Waals surface area contributed by atoms with Crippen LogP contribution in [0.15, 0.2) is 0 Å². The molecule has 3 nitrogen and oxygen atoms in total. The lowest BCUT2D eigenvalue weighted by Crippen LogP contribution is -2.47. The Morgan fingerprint density at radius 3 is 2.06 bits per heavy atom. The van der Waals surface area contributed by atoms with Gasteiger partial charge in [0, 0.05) is 6.04 Å². The fourth-order valence-corrected chi connectivity index (χ4v) is 2.89. The first-order chi connectivity index (χ1) is 7.95. The van der Waals surface area contributed by atoms with Crippen LogP contribution in [0.2, 0.25) is 0 Å². The Labute approximate surface area is 105 Å². The van der Waals surface area contributed by atoms with Gasteiger partial charge in [0.05, 0.1) is 5.92 Å². The Bertz CT molecular complexity index is 251. The molecule has 2 unspecified atom stereocenters. The van der Waals surface area contributed by atoms with Crippen molar-refractivity contribution in [3.05, 3.63) is 0 Å². The normalized spacial score (nSPS) is 24.2. The second-order valence-corrected chi connectivity index (χ2v) is 5.61. The maximum absolute atomic E-state index is 11.0. The smallest absolute Gasteiger partial charge is 0.307 e. The van der Waals surface area contributed by atoms with E-state index in [9.17, 15) is 4.79 Å². The Morgan fingerprint density at radius 1 is 1.24 bits per heavy atom. The van der Waals surface area contributed by atoms with Crippen molar-refractivity contribution < 1.29 is 9.90 Å². The first kappa shape index (κ1) is 14.5. The second kappa shape index (κ2) is 5.85. The summed E-state index contributed by atoms with van der Waals surface area (Å²) in [4.78, 5) is 13.3. The van der Waals surface area contributed by atoms with Crippen molar-refractivity contribution in [2.24, 2.45) is 11.3 Å². The van der Waals surface area contributed by atoms with Gasteiger partial charge < -0.3 is 5.11 Å². The molecule has 100 valence electrons. The van der Waals surface area contributed by atoms with E-state index in [4.69, 9.17) is 5.11 Å². The van der Waals surface area contributed by atoms with Gasteiger partial charge >= 0.3 is 5.97 Å². The number of nitrogens with zero attached hydrogens (tertiary/aromatic N) is 1. The Hall–Kier alpha value is -0.570. The van der Waals surface area contributed by atoms with Gasteiger partial charge in [0.15, 0.2) is 0 Å². The van der Waals surface area contributed by atoms with E-state index >= 15 is 0 Å². The van der Waals surface area contributed by atoms with Crippen LogP contribution in [-0.4, -0.2) is 35.1 Å². The summed E-state index contributed by atoms with van der Waals surface area (Å²) >= 11 is 0. The SMILES string of the molecule is CCC1(CC)CCN(C(C)C(C)C(=O)O)CC1. The summed E-state index contributed by atoms with van der Waals surface area (Å²) in [5, 5.41) is 9.05. The third kappa shape index (κ3) is 3.21. The highest BCUT2D eigenvalue weighted by atomic mass is 16.4. The van der Waals surface area contributed by atoms with Crippen LogP contribution < -0.4 is 0 Å². The van der Waals surface area contributed by atoms with E-state index in [1.807, 2.05) is 13.8 Å². The van der Waals surface area contributed by atoms with Gasteiger partial charge in [0.1, 0.15) is 0 Å². The monoisotopic (exact) mass is 241 g/mol. The number of carboxylic acids is 1. The zero-order valence-electron chi connectivity index (χ0n) is 11.7. The minimum Gasteiger partial charge on any atom is -0.481 e. The molecule has 0 radical (unpaired) electrons. The van der Waals surface area contributed by atoms with E-state index in [0.29, 0.717) is 5.41 Å². The molecule has 0 aliphatic carbocycles. The highest BCUT2D eigenvalue weighted by Gasteiger charge is 2.34. The summed E-state index contributed by atoms with van der Waals surface area (Å²) < 4.78 is 0. The van der Waals surface area contributed by atoms with Crippen LogP contribution in [-0.2, 0) is 4.79 Å². The third-order valence-corrected chi connectivity index (χ3v) is 5.05. The first-order valence-corrected chi connectivity index (χ1v) is 6.92. The van der Waals surface area contributed by atoms with Crippen LogP contribution in [0.3, 0.4) is 0 Å². The average molecular weight is 241 g/mol. The quantitative estimate of drug-likeness (QED) is 0.804. The Balaban J connectivity index is 2.54. The number of hydrogen-bond acceptors (Lipinski definition) is 2. The van der Waals surface area contributed by atoms with Gasteiger partial charge in [-0.25, -0.2) is 0 Å². The van der Waals surface area contributed by atoms with Crippen LogP contribution in [0.25, 0.3) is 0 Å². The minimum absolute atomic E-state index is 0.152. The largest absolute Gasteiger partial charge is 0.481 e. The maximum atomic E-state index is 11.0. The van der Waals surface area contributed by atoms with Gasteiger partial charge in [-0.05, 0) is 38.3 Å². The van der Waals surface area contributed by atoms with Crippen LogP contribution in [0.4, 0.5) is 0 Å². The van der Waals surface area contributed by atoms with Crippen LogP contribution in [0.5, 0.6) is 0 Å². The molecule has 0 spiro atoms. The van der Waals surface area contributed by atoms with Crippen molar-refractivity contribution in [2.45, 2.75) is 59.4 Å². The van der Waals surface area contributed by atoms with Crippen molar-refractivity contribution in [2.75, 3.05) is 13.1 Å². The molecule has 0 saturated carbocycles. The number of likely N-dealkylation sites (tertiary alicyclic amines) is 1. The molecule has 1 aliphatic heterocycles. The van der Waals surface area contributed by atoms with Gasteiger partial charge in [-0.2, -0.15) is 0 Å². The van der Waals surface area contributed by atoms with Crippen molar-refractivity contribution >= 4 is 5.97 Å². The van der Waals surface area contributed by atoms with E-state index in [-0.39, 0.29) is 12.0 Å². The summed E-state index contributed by atoms with van der Waals surface area (Å²) in [5.41, 5.74) is 0.517. The van der Waals surface area contributed by atoms with E-state index < -0.39 is 5.97 Å². The number of carboxylic acid groups (broad SMARTS) is 1. The molecule has 0 aromatic carbocycles. The second-order valence-electron chi connectivity index (χ2n) is 5.61.